The predicted molar refractivity (Wildman–Crippen MR) is 246 cm³/mol. The zero-order valence-electron chi connectivity index (χ0n) is 36.3. The van der Waals surface area contributed by atoms with E-state index in [1.54, 1.807) is 82.8 Å². The second-order valence-corrected chi connectivity index (χ2v) is 17.0. The standard InChI is InChI=1S/C55H31F12N3/c1-29-14-18-35(43(22-29)54(62,63)64)31-16-21-48-40(23-31)38-10-4-6-13-46(38)70(48)50-25-33(28-68)49(27-41(50)51-30(2)8-7-11-42(51)53(59,60)61)69-45-12-5-3-9-37(45)39-24-32(15-20-47(39)69)36-19-17-34(52(56,57)58)26-44(36)55(65,66)67/h3-27H,1-2H3. The average Bonchev–Trinajstić information content (AvgIpc) is 3.81. The minimum Gasteiger partial charge on any atom is -0.309 e. The van der Waals surface area contributed by atoms with Crippen LogP contribution < -0.4 is 0 Å². The number of fused-ring (bicyclic) bond motifs is 6. The Balaban J connectivity index is 1.27. The van der Waals surface area contributed by atoms with Gasteiger partial charge >= 0.3 is 24.7 Å². The van der Waals surface area contributed by atoms with Gasteiger partial charge in [0, 0.05) is 27.1 Å². The molecule has 0 aliphatic heterocycles. The van der Waals surface area contributed by atoms with Gasteiger partial charge in [-0.25, -0.2) is 0 Å². The summed E-state index contributed by atoms with van der Waals surface area (Å²) in [6.45, 7) is 3.05. The van der Waals surface area contributed by atoms with E-state index in [1.165, 1.54) is 61.5 Å². The van der Waals surface area contributed by atoms with Crippen LogP contribution in [-0.2, 0) is 24.7 Å². The number of hydrogen-bond acceptors (Lipinski definition) is 1. The van der Waals surface area contributed by atoms with Gasteiger partial charge in [-0.05, 0) is 120 Å². The molecule has 0 radical (unpaired) electrons. The molecule has 0 spiro atoms. The van der Waals surface area contributed by atoms with Crippen molar-refractivity contribution in [2.24, 2.45) is 0 Å². The smallest absolute Gasteiger partial charge is 0.309 e. The number of alkyl halides is 12. The topological polar surface area (TPSA) is 33.6 Å². The lowest BCUT2D eigenvalue weighted by atomic mass is 9.91. The number of aromatic nitrogens is 2. The summed E-state index contributed by atoms with van der Waals surface area (Å²) >= 11 is 0. The van der Waals surface area contributed by atoms with Gasteiger partial charge < -0.3 is 9.13 Å². The molecule has 2 aromatic heterocycles. The van der Waals surface area contributed by atoms with Crippen LogP contribution in [0, 0.1) is 25.2 Å². The molecule has 0 saturated heterocycles. The van der Waals surface area contributed by atoms with Crippen LogP contribution in [0.4, 0.5) is 52.7 Å². The van der Waals surface area contributed by atoms with Crippen molar-refractivity contribution in [1.82, 2.24) is 9.13 Å². The Hall–Kier alpha value is -7.99. The summed E-state index contributed by atoms with van der Waals surface area (Å²) in [7, 11) is 0. The number of nitrogens with zero attached hydrogens (tertiary/aromatic N) is 3. The molecule has 0 fully saturated rings. The zero-order chi connectivity index (χ0) is 49.8. The summed E-state index contributed by atoms with van der Waals surface area (Å²) < 4.78 is 177. The predicted octanol–water partition coefficient (Wildman–Crippen LogP) is 17.4. The molecule has 15 heteroatoms. The third-order valence-electron chi connectivity index (χ3n) is 12.7. The first-order valence-electron chi connectivity index (χ1n) is 21.3. The number of halogens is 12. The van der Waals surface area contributed by atoms with Gasteiger partial charge in [-0.15, -0.1) is 0 Å². The summed E-state index contributed by atoms with van der Waals surface area (Å²) in [5, 5.41) is 12.8. The van der Waals surface area contributed by atoms with Crippen LogP contribution in [0.25, 0.3) is 88.4 Å². The number of hydrogen-bond donors (Lipinski definition) is 0. The van der Waals surface area contributed by atoms with E-state index in [4.69, 9.17) is 0 Å². The fourth-order valence-corrected chi connectivity index (χ4v) is 9.65. The van der Waals surface area contributed by atoms with Crippen molar-refractivity contribution in [3.05, 3.63) is 191 Å². The van der Waals surface area contributed by atoms with E-state index in [9.17, 15) is 44.8 Å². The normalized spacial score (nSPS) is 12.7. The lowest BCUT2D eigenvalue weighted by molar-refractivity contribution is -0.143. The van der Waals surface area contributed by atoms with Gasteiger partial charge in [-0.3, -0.25) is 0 Å². The second-order valence-electron chi connectivity index (χ2n) is 17.0. The van der Waals surface area contributed by atoms with Gasteiger partial charge in [0.2, 0.25) is 0 Å². The molecule has 2 heterocycles. The van der Waals surface area contributed by atoms with E-state index in [0.717, 1.165) is 18.2 Å². The summed E-state index contributed by atoms with van der Waals surface area (Å²) in [4.78, 5) is 0. The number of rotatable bonds is 5. The molecule has 0 aliphatic rings. The zero-order valence-corrected chi connectivity index (χ0v) is 36.3. The van der Waals surface area contributed by atoms with Gasteiger partial charge in [0.15, 0.2) is 0 Å². The number of benzene rings is 8. The number of para-hydroxylation sites is 2. The highest BCUT2D eigenvalue weighted by atomic mass is 19.4. The summed E-state index contributed by atoms with van der Waals surface area (Å²) in [6.07, 6.45) is -19.8. The van der Waals surface area contributed by atoms with Gasteiger partial charge in [-0.1, -0.05) is 84.4 Å². The van der Waals surface area contributed by atoms with Crippen molar-refractivity contribution in [1.29, 1.82) is 5.26 Å². The molecule has 0 bridgehead atoms. The highest BCUT2D eigenvalue weighted by Gasteiger charge is 2.39. The van der Waals surface area contributed by atoms with E-state index in [-0.39, 0.29) is 56.4 Å². The highest BCUT2D eigenvalue weighted by Crippen LogP contribution is 2.48. The molecule has 350 valence electrons. The van der Waals surface area contributed by atoms with Gasteiger partial charge in [0.05, 0.1) is 61.3 Å². The van der Waals surface area contributed by atoms with E-state index >= 15 is 13.2 Å². The van der Waals surface area contributed by atoms with Crippen LogP contribution in [0.2, 0.25) is 0 Å². The molecule has 10 aromatic rings. The minimum atomic E-state index is -5.18. The van der Waals surface area contributed by atoms with E-state index in [2.05, 4.69) is 6.07 Å². The number of aryl methyl sites for hydroxylation is 2. The Morgan fingerprint density at radius 2 is 0.900 bits per heavy atom. The largest absolute Gasteiger partial charge is 0.417 e. The third kappa shape index (κ3) is 7.58. The van der Waals surface area contributed by atoms with Crippen molar-refractivity contribution < 1.29 is 52.7 Å². The molecular weight excluding hydrogens is 931 g/mol. The average molecular weight is 962 g/mol. The van der Waals surface area contributed by atoms with Crippen molar-refractivity contribution in [3.63, 3.8) is 0 Å². The monoisotopic (exact) mass is 961 g/mol. The molecule has 70 heavy (non-hydrogen) atoms. The van der Waals surface area contributed by atoms with Crippen molar-refractivity contribution >= 4 is 43.6 Å². The highest BCUT2D eigenvalue weighted by molar-refractivity contribution is 6.13. The van der Waals surface area contributed by atoms with Crippen LogP contribution in [0.15, 0.2) is 152 Å². The molecule has 8 aromatic carbocycles. The fraction of sp³-hybridized carbons (Fsp3) is 0.109. The minimum absolute atomic E-state index is 0.00571. The Bertz CT molecular complexity index is 3820. The van der Waals surface area contributed by atoms with Crippen LogP contribution in [0.1, 0.15) is 38.9 Å². The van der Waals surface area contributed by atoms with Crippen molar-refractivity contribution in [3.8, 4) is 50.8 Å². The summed E-state index contributed by atoms with van der Waals surface area (Å²) in [5.41, 5.74) is -3.21. The molecule has 3 nitrogen and oxygen atoms in total. The molecular formula is C55H31F12N3. The van der Waals surface area contributed by atoms with E-state index in [1.807, 2.05) is 0 Å². The first-order valence-corrected chi connectivity index (χ1v) is 21.3. The maximum absolute atomic E-state index is 15.3. The lowest BCUT2D eigenvalue weighted by Crippen LogP contribution is -2.12. The van der Waals surface area contributed by atoms with E-state index in [0.29, 0.717) is 55.2 Å². The molecule has 0 N–H and O–H groups in total. The van der Waals surface area contributed by atoms with Crippen LogP contribution in [0.3, 0.4) is 0 Å². The molecule has 0 saturated carbocycles. The SMILES string of the molecule is Cc1ccc(-c2ccc3c(c2)c2ccccc2n3-c2cc(C#N)c(-n3c4ccccc4c4cc(-c5ccc(C(F)(F)F)cc5C(F)(F)F)ccc43)cc2-c2c(C)cccc2C(F)(F)F)c(C(F)(F)F)c1. The summed E-state index contributed by atoms with van der Waals surface area (Å²) in [5.74, 6) is 0. The molecule has 10 rings (SSSR count). The van der Waals surface area contributed by atoms with Gasteiger partial charge in [-0.2, -0.15) is 57.9 Å². The Labute approximate surface area is 389 Å². The van der Waals surface area contributed by atoms with Crippen molar-refractivity contribution in [2.75, 3.05) is 0 Å². The van der Waals surface area contributed by atoms with Gasteiger partial charge in [0.1, 0.15) is 6.07 Å². The Morgan fingerprint density at radius 1 is 0.400 bits per heavy atom. The Kier molecular flexibility index (Phi) is 10.5. The Morgan fingerprint density at radius 3 is 1.43 bits per heavy atom. The maximum atomic E-state index is 15.3. The molecule has 0 aliphatic carbocycles. The lowest BCUT2D eigenvalue weighted by Gasteiger charge is -2.22. The molecule has 0 amide bonds. The van der Waals surface area contributed by atoms with Crippen molar-refractivity contribution in [2.45, 2.75) is 38.6 Å². The molecule has 0 atom stereocenters. The van der Waals surface area contributed by atoms with Crippen LogP contribution in [-0.4, -0.2) is 9.13 Å². The van der Waals surface area contributed by atoms with Crippen LogP contribution >= 0.6 is 0 Å². The third-order valence-corrected chi connectivity index (χ3v) is 12.7. The molecule has 0 unspecified atom stereocenters. The van der Waals surface area contributed by atoms with Gasteiger partial charge in [0.25, 0.3) is 0 Å². The second kappa shape index (κ2) is 16.0. The van der Waals surface area contributed by atoms with E-state index < -0.39 is 52.5 Å². The first kappa shape index (κ1) is 45.8. The summed E-state index contributed by atoms with van der Waals surface area (Å²) in [6, 6.07) is 36.4. The quantitative estimate of drug-likeness (QED) is 0.158. The maximum Gasteiger partial charge on any atom is 0.417 e. The fourth-order valence-electron chi connectivity index (χ4n) is 9.65. The number of nitriles is 1. The first-order chi connectivity index (χ1) is 33.0. The van der Waals surface area contributed by atoms with Crippen LogP contribution in [0.5, 0.6) is 0 Å².